The molecule has 2 fully saturated rings. The number of hydrogen-bond acceptors (Lipinski definition) is 5. The third kappa shape index (κ3) is 4.44. The van der Waals surface area contributed by atoms with Gasteiger partial charge >= 0.3 is 6.09 Å². The predicted octanol–water partition coefficient (Wildman–Crippen LogP) is 1.76. The zero-order chi connectivity index (χ0) is 17.6. The quantitative estimate of drug-likeness (QED) is 0.880. The smallest absolute Gasteiger partial charge is 0.409 e. The van der Waals surface area contributed by atoms with Crippen LogP contribution in [0.4, 0.5) is 10.5 Å². The number of likely N-dealkylation sites (tertiary alicyclic amines) is 1. The fraction of sp³-hybridized carbons (Fsp3) is 0.632. The number of nitrogens with one attached hydrogen (secondary N) is 1. The number of methoxy groups -OCH3 is 1. The highest BCUT2D eigenvalue weighted by Gasteiger charge is 2.26. The molecule has 0 saturated carbocycles. The van der Waals surface area contributed by atoms with E-state index in [4.69, 9.17) is 4.74 Å². The molecular weight excluding hydrogens is 316 g/mol. The highest BCUT2D eigenvalue weighted by Crippen LogP contribution is 2.22. The van der Waals surface area contributed by atoms with E-state index in [0.29, 0.717) is 6.04 Å². The van der Waals surface area contributed by atoms with Gasteiger partial charge in [0.2, 0.25) is 0 Å². The van der Waals surface area contributed by atoms with Crippen molar-refractivity contribution < 1.29 is 9.53 Å². The normalized spacial score (nSPS) is 21.6. The summed E-state index contributed by atoms with van der Waals surface area (Å²) in [5.41, 5.74) is 2.68. The molecule has 2 heterocycles. The van der Waals surface area contributed by atoms with Crippen molar-refractivity contribution in [2.24, 2.45) is 0 Å². The van der Waals surface area contributed by atoms with Crippen LogP contribution in [0.25, 0.3) is 0 Å². The zero-order valence-corrected chi connectivity index (χ0v) is 15.4. The number of hydrogen-bond donors (Lipinski definition) is 1. The Labute approximate surface area is 150 Å². The van der Waals surface area contributed by atoms with E-state index in [1.807, 2.05) is 0 Å². The lowest BCUT2D eigenvalue weighted by atomic mass is 10.1. The molecule has 2 saturated heterocycles. The van der Waals surface area contributed by atoms with Crippen LogP contribution in [0.2, 0.25) is 0 Å². The van der Waals surface area contributed by atoms with Gasteiger partial charge < -0.3 is 24.8 Å². The van der Waals surface area contributed by atoms with Gasteiger partial charge in [0.05, 0.1) is 7.11 Å². The van der Waals surface area contributed by atoms with Crippen molar-refractivity contribution in [3.05, 3.63) is 29.8 Å². The summed E-state index contributed by atoms with van der Waals surface area (Å²) in [4.78, 5) is 18.4. The third-order valence-electron chi connectivity index (χ3n) is 5.35. The highest BCUT2D eigenvalue weighted by atomic mass is 16.5. The van der Waals surface area contributed by atoms with Crippen LogP contribution in [-0.2, 0) is 11.3 Å². The topological polar surface area (TPSA) is 48.0 Å². The van der Waals surface area contributed by atoms with E-state index in [9.17, 15) is 4.79 Å². The van der Waals surface area contributed by atoms with Gasteiger partial charge in [0.1, 0.15) is 0 Å². The van der Waals surface area contributed by atoms with Crippen LogP contribution in [0.1, 0.15) is 18.9 Å². The molecule has 138 valence electrons. The molecule has 1 aromatic rings. The minimum atomic E-state index is -0.224. The van der Waals surface area contributed by atoms with Crippen LogP contribution in [0.15, 0.2) is 24.3 Å². The van der Waals surface area contributed by atoms with Gasteiger partial charge in [-0.3, -0.25) is 0 Å². The number of carbonyl (C=O) groups excluding carboxylic acids is 1. The number of para-hydroxylation sites is 1. The average molecular weight is 346 g/mol. The Kier molecular flexibility index (Phi) is 6.15. The van der Waals surface area contributed by atoms with Crippen molar-refractivity contribution in [2.75, 3.05) is 57.8 Å². The van der Waals surface area contributed by atoms with Gasteiger partial charge in [0.15, 0.2) is 0 Å². The molecule has 1 amide bonds. The Morgan fingerprint density at radius 3 is 2.68 bits per heavy atom. The molecule has 0 aliphatic carbocycles. The first-order valence-corrected chi connectivity index (χ1v) is 9.32. The molecule has 3 rings (SSSR count). The fourth-order valence-corrected chi connectivity index (χ4v) is 3.75. The first kappa shape index (κ1) is 18.0. The Bertz CT molecular complexity index is 572. The number of ether oxygens (including phenoxy) is 1. The summed E-state index contributed by atoms with van der Waals surface area (Å²) in [7, 11) is 1.44. The second kappa shape index (κ2) is 8.54. The van der Waals surface area contributed by atoms with Crippen molar-refractivity contribution in [1.29, 1.82) is 0 Å². The molecule has 6 nitrogen and oxygen atoms in total. The summed E-state index contributed by atoms with van der Waals surface area (Å²) in [5.74, 6) is 0. The van der Waals surface area contributed by atoms with E-state index in [-0.39, 0.29) is 6.09 Å². The van der Waals surface area contributed by atoms with Gasteiger partial charge in [-0.15, -0.1) is 0 Å². The summed E-state index contributed by atoms with van der Waals surface area (Å²) in [6.07, 6.45) is 0.755. The largest absolute Gasteiger partial charge is 0.453 e. The molecule has 1 N–H and O–H groups in total. The zero-order valence-electron chi connectivity index (χ0n) is 15.4. The minimum Gasteiger partial charge on any atom is -0.453 e. The summed E-state index contributed by atoms with van der Waals surface area (Å²) in [6.45, 7) is 10.1. The lowest BCUT2D eigenvalue weighted by molar-refractivity contribution is 0.132. The summed E-state index contributed by atoms with van der Waals surface area (Å²) in [5, 5.41) is 3.62. The van der Waals surface area contributed by atoms with Crippen molar-refractivity contribution in [1.82, 2.24) is 15.1 Å². The van der Waals surface area contributed by atoms with Gasteiger partial charge in [-0.05, 0) is 24.6 Å². The number of rotatable bonds is 5. The van der Waals surface area contributed by atoms with Crippen molar-refractivity contribution >= 4 is 11.8 Å². The molecular formula is C19H30N4O2. The summed E-state index contributed by atoms with van der Waals surface area (Å²) >= 11 is 0. The molecule has 2 aliphatic heterocycles. The highest BCUT2D eigenvalue weighted by molar-refractivity contribution is 5.67. The monoisotopic (exact) mass is 346 g/mol. The summed E-state index contributed by atoms with van der Waals surface area (Å²) < 4.78 is 4.81. The number of anilines is 1. The van der Waals surface area contributed by atoms with Gasteiger partial charge in [-0.25, -0.2) is 4.79 Å². The number of likely N-dealkylation sites (N-methyl/N-ethyl adjacent to an activating group) is 1. The van der Waals surface area contributed by atoms with Gasteiger partial charge in [0, 0.05) is 57.5 Å². The maximum atomic E-state index is 11.6. The third-order valence-corrected chi connectivity index (χ3v) is 5.35. The van der Waals surface area contributed by atoms with Crippen LogP contribution in [-0.4, -0.2) is 74.9 Å². The molecule has 0 unspecified atom stereocenters. The fourth-order valence-electron chi connectivity index (χ4n) is 3.75. The molecule has 0 aromatic heterocycles. The molecule has 25 heavy (non-hydrogen) atoms. The second-order valence-electron chi connectivity index (χ2n) is 6.83. The molecule has 0 radical (unpaired) electrons. The molecule has 1 aromatic carbocycles. The number of benzene rings is 1. The summed E-state index contributed by atoms with van der Waals surface area (Å²) in [6, 6.07) is 9.01. The van der Waals surface area contributed by atoms with Crippen molar-refractivity contribution in [3.63, 3.8) is 0 Å². The van der Waals surface area contributed by atoms with Crippen LogP contribution >= 0.6 is 0 Å². The average Bonchev–Trinajstić information content (AvgIpc) is 3.15. The maximum Gasteiger partial charge on any atom is 0.409 e. The number of nitrogens with zero attached hydrogens (tertiary/aromatic N) is 3. The van der Waals surface area contributed by atoms with E-state index in [0.717, 1.165) is 58.8 Å². The lowest BCUT2D eigenvalue weighted by Crippen LogP contribution is -2.46. The van der Waals surface area contributed by atoms with Crippen molar-refractivity contribution in [3.8, 4) is 0 Å². The molecule has 0 spiro atoms. The second-order valence-corrected chi connectivity index (χ2v) is 6.83. The standard InChI is InChI=1S/C19H30N4O2/c1-3-21-10-12-22(13-11-21)18-7-5-4-6-16(18)14-20-17-8-9-23(15-17)19(24)25-2/h4-7,17,20H,3,8-15H2,1-2H3/t17-/m1/s1. The van der Waals surface area contributed by atoms with Crippen LogP contribution in [0, 0.1) is 0 Å². The van der Waals surface area contributed by atoms with E-state index < -0.39 is 0 Å². The van der Waals surface area contributed by atoms with E-state index in [1.165, 1.54) is 18.4 Å². The Balaban J connectivity index is 1.56. The Hall–Kier alpha value is -1.79. The molecule has 2 aliphatic rings. The first-order chi connectivity index (χ1) is 12.2. The van der Waals surface area contributed by atoms with Crippen LogP contribution in [0.5, 0.6) is 0 Å². The SMILES string of the molecule is CCN1CCN(c2ccccc2CN[C@@H]2CCN(C(=O)OC)C2)CC1. The van der Waals surface area contributed by atoms with E-state index >= 15 is 0 Å². The van der Waals surface area contributed by atoms with Gasteiger partial charge in [-0.1, -0.05) is 25.1 Å². The first-order valence-electron chi connectivity index (χ1n) is 9.32. The van der Waals surface area contributed by atoms with Crippen LogP contribution in [0.3, 0.4) is 0 Å². The number of amides is 1. The van der Waals surface area contributed by atoms with E-state index in [2.05, 4.69) is 46.3 Å². The Morgan fingerprint density at radius 1 is 1.20 bits per heavy atom. The van der Waals surface area contributed by atoms with Crippen molar-refractivity contribution in [2.45, 2.75) is 25.9 Å². The number of carbonyl (C=O) groups is 1. The molecule has 6 heteroatoms. The predicted molar refractivity (Wildman–Crippen MR) is 100.0 cm³/mol. The number of piperazine rings is 1. The van der Waals surface area contributed by atoms with Gasteiger partial charge in [-0.2, -0.15) is 0 Å². The maximum absolute atomic E-state index is 11.6. The van der Waals surface area contributed by atoms with Crippen LogP contribution < -0.4 is 10.2 Å². The molecule has 0 bridgehead atoms. The minimum absolute atomic E-state index is 0.224. The van der Waals surface area contributed by atoms with Gasteiger partial charge in [0.25, 0.3) is 0 Å². The van der Waals surface area contributed by atoms with E-state index in [1.54, 1.807) is 4.90 Å². The molecule has 1 atom stereocenters. The Morgan fingerprint density at radius 2 is 1.96 bits per heavy atom. The lowest BCUT2D eigenvalue weighted by Gasteiger charge is -2.36.